The number of phenols is 3. The van der Waals surface area contributed by atoms with Gasteiger partial charge in [-0.3, -0.25) is 19.2 Å². The number of allylic oxidation sites excluding steroid dienone is 2. The van der Waals surface area contributed by atoms with Crippen molar-refractivity contribution in [3.05, 3.63) is 52.8 Å². The summed E-state index contributed by atoms with van der Waals surface area (Å²) in [7, 11) is 1.41. The number of aliphatic hydroxyl groups excluding tert-OH is 2. The number of benzene rings is 2. The second kappa shape index (κ2) is 17.8. The predicted molar refractivity (Wildman–Crippen MR) is 210 cm³/mol. The Hall–Kier alpha value is -5.45. The minimum Gasteiger partial charge on any atom is -0.507 e. The minimum absolute atomic E-state index is 0.00295. The Morgan fingerprint density at radius 2 is 1.65 bits per heavy atom. The molecule has 2 aromatic carbocycles. The number of nitrogens with zero attached hydrogens (tertiary/aromatic N) is 1. The third kappa shape index (κ3) is 8.77. The van der Waals surface area contributed by atoms with E-state index in [4.69, 9.17) is 18.9 Å². The summed E-state index contributed by atoms with van der Waals surface area (Å²) in [6.45, 7) is 13.8. The lowest BCUT2D eigenvalue weighted by molar-refractivity contribution is -0.160. The Morgan fingerprint density at radius 3 is 2.26 bits per heavy atom. The third-order valence-electron chi connectivity index (χ3n) is 10.7. The van der Waals surface area contributed by atoms with Gasteiger partial charge in [-0.05, 0) is 19.9 Å². The number of hydrogen-bond acceptors (Lipinski definition) is 14. The van der Waals surface area contributed by atoms with Crippen molar-refractivity contribution in [1.29, 1.82) is 0 Å². The molecule has 0 spiro atoms. The van der Waals surface area contributed by atoms with E-state index in [0.717, 1.165) is 12.5 Å². The SMILES string of the molecule is CCC(=O)N/N=C\c1c2c(O)c3c(O)c(C)c4c(c3c1O)C(=O)C(C)(O/C=C/C(OC)C(C)C(OC(C)=O)C(C)C(O)C(C)C(O)C(C)/C=C/C=C(\C)C(=O)N2)O4. The molecule has 3 aliphatic heterocycles. The van der Waals surface area contributed by atoms with Gasteiger partial charge < -0.3 is 49.8 Å². The number of carbonyl (C=O) groups excluding carboxylic acids is 4. The van der Waals surface area contributed by atoms with Crippen LogP contribution < -0.4 is 15.5 Å². The van der Waals surface area contributed by atoms with Gasteiger partial charge in [0.05, 0.1) is 53.0 Å². The van der Waals surface area contributed by atoms with Crippen molar-refractivity contribution in [2.45, 2.75) is 98.9 Å². The van der Waals surface area contributed by atoms with Crippen LogP contribution in [-0.4, -0.2) is 92.6 Å². The highest BCUT2D eigenvalue weighted by Crippen LogP contribution is 2.55. The summed E-state index contributed by atoms with van der Waals surface area (Å²) < 4.78 is 23.4. The predicted octanol–water partition coefficient (Wildman–Crippen LogP) is 4.61. The summed E-state index contributed by atoms with van der Waals surface area (Å²) >= 11 is 0. The first-order valence-corrected chi connectivity index (χ1v) is 18.6. The largest absolute Gasteiger partial charge is 0.507 e. The van der Waals surface area contributed by atoms with Crippen LogP contribution in [0.25, 0.3) is 10.8 Å². The highest BCUT2D eigenvalue weighted by molar-refractivity contribution is 6.23. The number of anilines is 1. The number of methoxy groups -OCH3 is 1. The van der Waals surface area contributed by atoms with Crippen molar-refractivity contribution in [3.63, 3.8) is 0 Å². The molecule has 3 heterocycles. The second-order valence-electron chi connectivity index (χ2n) is 14.8. The molecular formula is C41H53N3O13. The number of fused-ring (bicyclic) bond motifs is 14. The molecule has 7 N–H and O–H groups in total. The van der Waals surface area contributed by atoms with E-state index >= 15 is 0 Å². The quantitative estimate of drug-likeness (QED) is 0.0720. The lowest BCUT2D eigenvalue weighted by atomic mass is 9.78. The van der Waals surface area contributed by atoms with Gasteiger partial charge in [0, 0.05) is 67.6 Å². The number of ether oxygens (including phenoxy) is 4. The van der Waals surface area contributed by atoms with Crippen molar-refractivity contribution in [1.82, 2.24) is 5.43 Å². The number of carbonyl (C=O) groups is 4. The van der Waals surface area contributed by atoms with Gasteiger partial charge in [0.25, 0.3) is 11.7 Å². The Morgan fingerprint density at radius 1 is 0.982 bits per heavy atom. The van der Waals surface area contributed by atoms with Gasteiger partial charge in [-0.2, -0.15) is 5.10 Å². The normalized spacial score (nSPS) is 30.6. The molecule has 2 amide bonds. The molecule has 16 heteroatoms. The van der Waals surface area contributed by atoms with Crippen molar-refractivity contribution < 1.29 is 63.7 Å². The number of aromatic hydroxyl groups is 3. The first kappa shape index (κ1) is 44.3. The highest BCUT2D eigenvalue weighted by Gasteiger charge is 2.50. The average Bonchev–Trinajstić information content (AvgIpc) is 3.44. The molecule has 310 valence electrons. The Labute approximate surface area is 330 Å². The minimum atomic E-state index is -2.09. The van der Waals surface area contributed by atoms with Crippen LogP contribution in [0.1, 0.15) is 83.3 Å². The fourth-order valence-corrected chi connectivity index (χ4v) is 7.12. The summed E-state index contributed by atoms with van der Waals surface area (Å²) in [5.74, 6) is -9.50. The molecule has 5 rings (SSSR count). The van der Waals surface area contributed by atoms with Gasteiger partial charge >= 0.3 is 11.8 Å². The third-order valence-corrected chi connectivity index (χ3v) is 10.7. The molecule has 9 unspecified atom stereocenters. The van der Waals surface area contributed by atoms with E-state index in [1.54, 1.807) is 40.7 Å². The monoisotopic (exact) mass is 795 g/mol. The second-order valence-corrected chi connectivity index (χ2v) is 14.8. The van der Waals surface area contributed by atoms with Crippen molar-refractivity contribution in [2.75, 3.05) is 12.4 Å². The van der Waals surface area contributed by atoms with Crippen LogP contribution in [0.5, 0.6) is 23.0 Å². The molecule has 0 aliphatic carbocycles. The van der Waals surface area contributed by atoms with Gasteiger partial charge in [-0.25, -0.2) is 5.43 Å². The molecule has 0 saturated heterocycles. The zero-order chi connectivity index (χ0) is 42.7. The first-order chi connectivity index (χ1) is 26.7. The number of ketones is 1. The van der Waals surface area contributed by atoms with Gasteiger partial charge in [0.15, 0.2) is 5.75 Å². The van der Waals surface area contributed by atoms with Gasteiger partial charge in [-0.1, -0.05) is 52.8 Å². The molecule has 3 aliphatic rings. The van der Waals surface area contributed by atoms with Crippen LogP contribution in [-0.2, 0) is 28.6 Å². The fraction of sp³-hybridized carbons (Fsp3) is 0.488. The number of amides is 2. The molecule has 0 aromatic heterocycles. The number of phenolic OH excluding ortho intramolecular Hbond substituents is 3. The van der Waals surface area contributed by atoms with Gasteiger partial charge in [0.1, 0.15) is 23.4 Å². The number of aliphatic hydroxyl groups is 2. The number of esters is 1. The molecule has 9 atom stereocenters. The van der Waals surface area contributed by atoms with Gasteiger partial charge in [-0.15, -0.1) is 0 Å². The molecule has 5 bridgehead atoms. The smallest absolute Gasteiger partial charge is 0.312 e. The van der Waals surface area contributed by atoms with E-state index in [9.17, 15) is 44.7 Å². The molecule has 57 heavy (non-hydrogen) atoms. The highest BCUT2D eigenvalue weighted by atomic mass is 16.7. The summed E-state index contributed by atoms with van der Waals surface area (Å²) in [5.41, 5.74) is 1.39. The fourth-order valence-electron chi connectivity index (χ4n) is 7.12. The maximum atomic E-state index is 14.3. The van der Waals surface area contributed by atoms with E-state index in [2.05, 4.69) is 15.8 Å². The van der Waals surface area contributed by atoms with E-state index < -0.39 is 100 Å². The standard InChI is InChI=1S/C41H53N3O13/c1-11-27(46)44-42-17-25-31-36(51)29-28(35(25)50)30-38(23(7)34(29)49)57-41(9,39(30)52)55-16-15-26(54-10)20(4)37(56-24(8)45)22(6)33(48)21(5)32(47)18(2)13-12-14-19(3)40(53)43-31/h12-18,20-22,26,32-33,37,47-51H,11H2,1-10H3,(H,43,53)(H,44,46)/b13-12+,16-15+,19-14+,42-17-. The van der Waals surface area contributed by atoms with E-state index in [-0.39, 0.29) is 45.2 Å². The van der Waals surface area contributed by atoms with Crippen molar-refractivity contribution in [3.8, 4) is 23.0 Å². The topological polar surface area (TPSA) is 243 Å². The number of nitrogens with one attached hydrogen (secondary N) is 2. The van der Waals surface area contributed by atoms with E-state index in [0.29, 0.717) is 0 Å². The summed E-state index contributed by atoms with van der Waals surface area (Å²) in [4.78, 5) is 52.1. The Kier molecular flexibility index (Phi) is 13.8. The van der Waals surface area contributed by atoms with Crippen molar-refractivity contribution in [2.24, 2.45) is 28.8 Å². The number of hydrazone groups is 1. The summed E-state index contributed by atoms with van der Waals surface area (Å²) in [6, 6.07) is 0. The van der Waals surface area contributed by atoms with E-state index in [1.807, 2.05) is 0 Å². The summed E-state index contributed by atoms with van der Waals surface area (Å²) in [6.07, 6.45) is 4.30. The Balaban J connectivity index is 1.98. The average molecular weight is 796 g/mol. The van der Waals surface area contributed by atoms with Crippen LogP contribution in [0.4, 0.5) is 5.69 Å². The number of rotatable bonds is 5. The van der Waals surface area contributed by atoms with Crippen LogP contribution in [0.15, 0.2) is 41.2 Å². The van der Waals surface area contributed by atoms with Gasteiger partial charge in [0.2, 0.25) is 5.91 Å². The molecule has 0 radical (unpaired) electrons. The maximum absolute atomic E-state index is 14.3. The van der Waals surface area contributed by atoms with Crippen LogP contribution in [0.2, 0.25) is 0 Å². The maximum Gasteiger partial charge on any atom is 0.312 e. The molecule has 2 aromatic rings. The molecule has 0 saturated carbocycles. The molecule has 0 fully saturated rings. The Bertz CT molecular complexity index is 2040. The lowest BCUT2D eigenvalue weighted by Crippen LogP contribution is -2.46. The first-order valence-electron chi connectivity index (χ1n) is 18.6. The zero-order valence-electron chi connectivity index (χ0n) is 33.7. The lowest BCUT2D eigenvalue weighted by Gasteiger charge is -2.38. The van der Waals surface area contributed by atoms with Crippen LogP contribution in [0.3, 0.4) is 0 Å². The molecule has 16 nitrogen and oxygen atoms in total. The van der Waals surface area contributed by atoms with Crippen molar-refractivity contribution >= 4 is 46.2 Å². The zero-order valence-corrected chi connectivity index (χ0v) is 33.7. The number of hydrogen-bond donors (Lipinski definition) is 7. The molecular weight excluding hydrogens is 742 g/mol. The van der Waals surface area contributed by atoms with Crippen LogP contribution >= 0.6 is 0 Å². The number of Topliss-reactive ketones (excluding diaryl/α,β-unsaturated/α-hetero) is 1. The summed E-state index contributed by atoms with van der Waals surface area (Å²) in [5, 5.41) is 63.4. The van der Waals surface area contributed by atoms with Crippen LogP contribution in [0, 0.1) is 30.6 Å². The van der Waals surface area contributed by atoms with E-state index in [1.165, 1.54) is 53.0 Å².